The third kappa shape index (κ3) is 3.02. The molecule has 4 heteroatoms. The number of aromatic nitrogens is 2. The number of nitrogens with one attached hydrogen (secondary N) is 1. The molecule has 0 amide bonds. The van der Waals surface area contributed by atoms with Crippen LogP contribution in [0.2, 0.25) is 0 Å². The van der Waals surface area contributed by atoms with E-state index in [1.54, 1.807) is 0 Å². The third-order valence-electron chi connectivity index (χ3n) is 4.32. The lowest BCUT2D eigenvalue weighted by Crippen LogP contribution is -2.43. The number of aliphatic hydroxyl groups is 1. The summed E-state index contributed by atoms with van der Waals surface area (Å²) >= 11 is 0. The van der Waals surface area contributed by atoms with Crippen LogP contribution >= 0.6 is 0 Å². The van der Waals surface area contributed by atoms with Crippen LogP contribution in [0.4, 0.5) is 0 Å². The van der Waals surface area contributed by atoms with Gasteiger partial charge in [0, 0.05) is 12.1 Å². The summed E-state index contributed by atoms with van der Waals surface area (Å²) in [6.07, 6.45) is 3.86. The Morgan fingerprint density at radius 2 is 2.00 bits per heavy atom. The number of fused-ring (bicyclic) bond motifs is 1. The van der Waals surface area contributed by atoms with E-state index in [4.69, 9.17) is 0 Å². The highest BCUT2D eigenvalue weighted by atomic mass is 16.3. The van der Waals surface area contributed by atoms with Gasteiger partial charge in [-0.3, -0.25) is 0 Å². The molecule has 0 aliphatic carbocycles. The number of nitrogens with zero attached hydrogens (tertiary/aromatic N) is 2. The van der Waals surface area contributed by atoms with E-state index < -0.39 is 0 Å². The maximum Gasteiger partial charge on any atom is 0.0958 e. The normalized spacial score (nSPS) is 14.7. The fourth-order valence-electron chi connectivity index (χ4n) is 2.41. The van der Waals surface area contributed by atoms with E-state index in [9.17, 15) is 5.11 Å². The van der Waals surface area contributed by atoms with E-state index in [-0.39, 0.29) is 12.1 Å². The highest BCUT2D eigenvalue weighted by Gasteiger charge is 2.19. The summed E-state index contributed by atoms with van der Waals surface area (Å²) in [5.74, 6) is 0. The van der Waals surface area contributed by atoms with Crippen LogP contribution in [-0.4, -0.2) is 33.9 Å². The fourth-order valence-corrected chi connectivity index (χ4v) is 2.41. The zero-order valence-corrected chi connectivity index (χ0v) is 12.9. The molecule has 0 aliphatic heterocycles. The monoisotopic (exact) mass is 275 g/mol. The largest absolute Gasteiger partial charge is 0.394 e. The number of aliphatic hydroxyl groups excluding tert-OH is 1. The number of rotatable bonds is 6. The average molecular weight is 275 g/mol. The van der Waals surface area contributed by atoms with Gasteiger partial charge in [-0.25, -0.2) is 4.98 Å². The molecule has 1 aromatic heterocycles. The van der Waals surface area contributed by atoms with Gasteiger partial charge in [-0.1, -0.05) is 0 Å². The molecule has 2 rings (SSSR count). The van der Waals surface area contributed by atoms with Crippen molar-refractivity contribution in [3.63, 3.8) is 0 Å². The SMILES string of the molecule is CNC(C)(CO)CCCn1cnc2cc(C)c(C)cc21. The predicted molar refractivity (Wildman–Crippen MR) is 83.0 cm³/mol. The lowest BCUT2D eigenvalue weighted by Gasteiger charge is -2.26. The van der Waals surface area contributed by atoms with E-state index in [0.717, 1.165) is 24.9 Å². The van der Waals surface area contributed by atoms with Crippen LogP contribution in [0.25, 0.3) is 11.0 Å². The molecule has 0 aliphatic rings. The van der Waals surface area contributed by atoms with Crippen molar-refractivity contribution < 1.29 is 5.11 Å². The summed E-state index contributed by atoms with van der Waals surface area (Å²) in [6.45, 7) is 7.39. The summed E-state index contributed by atoms with van der Waals surface area (Å²) in [7, 11) is 1.90. The second kappa shape index (κ2) is 5.94. The first-order chi connectivity index (χ1) is 9.49. The maximum atomic E-state index is 9.40. The van der Waals surface area contributed by atoms with E-state index in [1.807, 2.05) is 20.3 Å². The zero-order chi connectivity index (χ0) is 14.8. The first-order valence-corrected chi connectivity index (χ1v) is 7.21. The van der Waals surface area contributed by atoms with Gasteiger partial charge in [0.05, 0.1) is 24.0 Å². The Hall–Kier alpha value is -1.39. The molecule has 0 saturated carbocycles. The molecule has 0 saturated heterocycles. The second-order valence-corrected chi connectivity index (χ2v) is 5.94. The van der Waals surface area contributed by atoms with E-state index in [2.05, 4.69) is 40.8 Å². The molecular formula is C16H25N3O. The van der Waals surface area contributed by atoms with Crippen LogP contribution in [0.5, 0.6) is 0 Å². The summed E-state index contributed by atoms with van der Waals surface area (Å²) < 4.78 is 2.20. The van der Waals surface area contributed by atoms with Crippen molar-refractivity contribution >= 4 is 11.0 Å². The van der Waals surface area contributed by atoms with Gasteiger partial charge in [0.15, 0.2) is 0 Å². The van der Waals surface area contributed by atoms with Crippen LogP contribution < -0.4 is 5.32 Å². The predicted octanol–water partition coefficient (Wildman–Crippen LogP) is 2.40. The molecule has 2 aromatic rings. The molecule has 2 N–H and O–H groups in total. The molecule has 20 heavy (non-hydrogen) atoms. The molecule has 0 spiro atoms. The minimum atomic E-state index is -0.192. The lowest BCUT2D eigenvalue weighted by atomic mass is 9.97. The molecule has 110 valence electrons. The van der Waals surface area contributed by atoms with E-state index in [0.29, 0.717) is 0 Å². The van der Waals surface area contributed by atoms with Crippen molar-refractivity contribution in [1.82, 2.24) is 14.9 Å². The fraction of sp³-hybridized carbons (Fsp3) is 0.562. The van der Waals surface area contributed by atoms with Crippen LogP contribution in [0, 0.1) is 13.8 Å². The van der Waals surface area contributed by atoms with Crippen LogP contribution in [0.15, 0.2) is 18.5 Å². The highest BCUT2D eigenvalue weighted by Crippen LogP contribution is 2.19. The molecule has 1 aromatic carbocycles. The Balaban J connectivity index is 2.09. The van der Waals surface area contributed by atoms with Crippen molar-refractivity contribution in [2.75, 3.05) is 13.7 Å². The van der Waals surface area contributed by atoms with Crippen molar-refractivity contribution in [3.8, 4) is 0 Å². The number of benzene rings is 1. The van der Waals surface area contributed by atoms with E-state index in [1.165, 1.54) is 16.6 Å². The van der Waals surface area contributed by atoms with Crippen molar-refractivity contribution in [2.24, 2.45) is 0 Å². The number of imidazole rings is 1. The second-order valence-electron chi connectivity index (χ2n) is 5.94. The Kier molecular flexibility index (Phi) is 4.45. The van der Waals surface area contributed by atoms with Gasteiger partial charge in [0.1, 0.15) is 0 Å². The van der Waals surface area contributed by atoms with Crippen LogP contribution in [0.3, 0.4) is 0 Å². The third-order valence-corrected chi connectivity index (χ3v) is 4.32. The van der Waals surface area contributed by atoms with Crippen LogP contribution in [-0.2, 0) is 6.54 Å². The molecule has 0 radical (unpaired) electrons. The van der Waals surface area contributed by atoms with Gasteiger partial charge in [0.2, 0.25) is 0 Å². The topological polar surface area (TPSA) is 50.1 Å². The molecule has 4 nitrogen and oxygen atoms in total. The minimum absolute atomic E-state index is 0.159. The number of hydrogen-bond acceptors (Lipinski definition) is 3. The van der Waals surface area contributed by atoms with Gasteiger partial charge in [0.25, 0.3) is 0 Å². The number of likely N-dealkylation sites (N-methyl/N-ethyl adjacent to an activating group) is 1. The Morgan fingerprint density at radius 3 is 2.65 bits per heavy atom. The van der Waals surface area contributed by atoms with Gasteiger partial charge in [-0.2, -0.15) is 0 Å². The standard InChI is InChI=1S/C16H25N3O/c1-12-8-14-15(9-13(12)2)19(11-18-14)7-5-6-16(3,10-20)17-4/h8-9,11,17,20H,5-7,10H2,1-4H3. The summed E-state index contributed by atoms with van der Waals surface area (Å²) in [6, 6.07) is 4.35. The number of aryl methyl sites for hydroxylation is 3. The molecule has 0 bridgehead atoms. The zero-order valence-electron chi connectivity index (χ0n) is 12.9. The molecule has 1 atom stereocenters. The van der Waals surface area contributed by atoms with E-state index >= 15 is 0 Å². The summed E-state index contributed by atoms with van der Waals surface area (Å²) in [4.78, 5) is 4.47. The van der Waals surface area contributed by atoms with Gasteiger partial charge in [-0.15, -0.1) is 0 Å². The average Bonchev–Trinajstić information content (AvgIpc) is 2.82. The van der Waals surface area contributed by atoms with Gasteiger partial charge in [-0.05, 0) is 63.9 Å². The minimum Gasteiger partial charge on any atom is -0.394 e. The quantitative estimate of drug-likeness (QED) is 0.851. The molecule has 0 fully saturated rings. The Morgan fingerprint density at radius 1 is 1.30 bits per heavy atom. The molecule has 1 unspecified atom stereocenters. The Labute approximate surface area is 120 Å². The first-order valence-electron chi connectivity index (χ1n) is 7.21. The van der Waals surface area contributed by atoms with Gasteiger partial charge < -0.3 is 15.0 Å². The maximum absolute atomic E-state index is 9.40. The smallest absolute Gasteiger partial charge is 0.0958 e. The first kappa shape index (κ1) is 15.0. The highest BCUT2D eigenvalue weighted by molar-refractivity contribution is 5.77. The van der Waals surface area contributed by atoms with Gasteiger partial charge >= 0.3 is 0 Å². The molecular weight excluding hydrogens is 250 g/mol. The van der Waals surface area contributed by atoms with Crippen LogP contribution in [0.1, 0.15) is 30.9 Å². The summed E-state index contributed by atoms with van der Waals surface area (Å²) in [5, 5.41) is 12.6. The summed E-state index contributed by atoms with van der Waals surface area (Å²) in [5.41, 5.74) is 4.65. The molecule has 1 heterocycles. The van der Waals surface area contributed by atoms with Crippen molar-refractivity contribution in [3.05, 3.63) is 29.6 Å². The van der Waals surface area contributed by atoms with Crippen molar-refractivity contribution in [1.29, 1.82) is 0 Å². The lowest BCUT2D eigenvalue weighted by molar-refractivity contribution is 0.170. The Bertz CT molecular complexity index is 585. The van der Waals surface area contributed by atoms with Crippen molar-refractivity contribution in [2.45, 2.75) is 45.7 Å². The number of hydrogen-bond donors (Lipinski definition) is 2.